The van der Waals surface area contributed by atoms with Crippen LogP contribution < -0.4 is 20.1 Å². The number of carbonyl (C=O) groups is 1. The first kappa shape index (κ1) is 25.4. The first-order valence-corrected chi connectivity index (χ1v) is 11.8. The van der Waals surface area contributed by atoms with Gasteiger partial charge in [-0.15, -0.1) is 0 Å². The second kappa shape index (κ2) is 11.4. The number of methoxy groups -OCH3 is 1. The minimum atomic E-state index is -0.651. The fraction of sp³-hybridized carbons (Fsp3) is 0.269. The number of halogens is 2. The number of piperidine rings is 1. The van der Waals surface area contributed by atoms with E-state index in [4.69, 9.17) is 21.1 Å². The largest absolute Gasteiger partial charge is 0.495 e. The zero-order valence-corrected chi connectivity index (χ0v) is 20.8. The number of amides is 1. The third-order valence-electron chi connectivity index (χ3n) is 5.96. The van der Waals surface area contributed by atoms with Gasteiger partial charge in [-0.3, -0.25) is 4.79 Å². The molecule has 2 N–H and O–H groups in total. The quantitative estimate of drug-likeness (QED) is 0.372. The van der Waals surface area contributed by atoms with E-state index in [0.717, 1.165) is 32.0 Å². The molecule has 1 aliphatic rings. The number of benzene rings is 2. The third-order valence-corrected chi connectivity index (χ3v) is 6.22. The van der Waals surface area contributed by atoms with E-state index in [-0.39, 0.29) is 22.6 Å². The Bertz CT molecular complexity index is 1260. The summed E-state index contributed by atoms with van der Waals surface area (Å²) in [7, 11) is 3.75. The lowest BCUT2D eigenvalue weighted by atomic mass is 9.89. The van der Waals surface area contributed by atoms with Crippen LogP contribution in [0.3, 0.4) is 0 Å². The Hall–Kier alpha value is -3.69. The van der Waals surface area contributed by atoms with Crippen LogP contribution in [0, 0.1) is 5.82 Å². The highest BCUT2D eigenvalue weighted by atomic mass is 35.5. The van der Waals surface area contributed by atoms with Crippen molar-refractivity contribution in [3.8, 4) is 17.4 Å². The fourth-order valence-corrected chi connectivity index (χ4v) is 4.10. The minimum Gasteiger partial charge on any atom is -0.495 e. The molecule has 36 heavy (non-hydrogen) atoms. The van der Waals surface area contributed by atoms with E-state index in [1.54, 1.807) is 7.11 Å². The van der Waals surface area contributed by atoms with Gasteiger partial charge in [-0.2, -0.15) is 4.98 Å². The maximum atomic E-state index is 14.4. The molecule has 1 aliphatic heterocycles. The van der Waals surface area contributed by atoms with Crippen LogP contribution in [0.4, 0.5) is 21.7 Å². The fourth-order valence-electron chi connectivity index (χ4n) is 3.97. The summed E-state index contributed by atoms with van der Waals surface area (Å²) in [5.41, 5.74) is 2.22. The highest BCUT2D eigenvalue weighted by Gasteiger charge is 2.20. The Morgan fingerprint density at radius 2 is 2.00 bits per heavy atom. The van der Waals surface area contributed by atoms with E-state index in [0.29, 0.717) is 23.0 Å². The van der Waals surface area contributed by atoms with Gasteiger partial charge in [-0.05, 0) is 74.8 Å². The van der Waals surface area contributed by atoms with Crippen molar-refractivity contribution in [2.45, 2.75) is 18.8 Å². The van der Waals surface area contributed by atoms with E-state index in [1.807, 2.05) is 12.1 Å². The number of likely N-dealkylation sites (tertiary alicyclic amines) is 1. The molecule has 0 unspecified atom stereocenters. The Labute approximate surface area is 214 Å². The van der Waals surface area contributed by atoms with Crippen LogP contribution in [0.5, 0.6) is 17.4 Å². The molecular weight excluding hydrogens is 485 g/mol. The van der Waals surface area contributed by atoms with E-state index >= 15 is 0 Å². The third kappa shape index (κ3) is 6.10. The molecule has 1 amide bonds. The molecule has 1 fully saturated rings. The van der Waals surface area contributed by atoms with Gasteiger partial charge < -0.3 is 25.0 Å². The minimum absolute atomic E-state index is 0.0535. The summed E-state index contributed by atoms with van der Waals surface area (Å²) in [6.45, 7) is 5.53. The van der Waals surface area contributed by atoms with Crippen molar-refractivity contribution in [2.24, 2.45) is 0 Å². The Morgan fingerprint density at radius 1 is 1.22 bits per heavy atom. The molecule has 0 atom stereocenters. The monoisotopic (exact) mass is 511 g/mol. The van der Waals surface area contributed by atoms with E-state index < -0.39 is 11.7 Å². The Morgan fingerprint density at radius 3 is 2.72 bits per heavy atom. The lowest BCUT2D eigenvalue weighted by Gasteiger charge is -2.29. The summed E-state index contributed by atoms with van der Waals surface area (Å²) in [5.74, 6) is 0.0285. The van der Waals surface area contributed by atoms with Gasteiger partial charge in [0.05, 0.1) is 19.0 Å². The van der Waals surface area contributed by atoms with Gasteiger partial charge in [0, 0.05) is 11.8 Å². The smallest absolute Gasteiger partial charge is 0.247 e. The second-order valence-electron chi connectivity index (χ2n) is 8.45. The van der Waals surface area contributed by atoms with E-state index in [1.165, 1.54) is 30.0 Å². The van der Waals surface area contributed by atoms with Gasteiger partial charge >= 0.3 is 0 Å². The maximum absolute atomic E-state index is 14.4. The first-order chi connectivity index (χ1) is 17.4. The van der Waals surface area contributed by atoms with Gasteiger partial charge in [-0.1, -0.05) is 24.2 Å². The normalized spacial score (nSPS) is 14.2. The van der Waals surface area contributed by atoms with Crippen molar-refractivity contribution in [3.05, 3.63) is 71.7 Å². The topological polar surface area (TPSA) is 88.6 Å². The van der Waals surface area contributed by atoms with Gasteiger partial charge in [0.15, 0.2) is 11.6 Å². The molecule has 2 heterocycles. The number of hydrogen-bond acceptors (Lipinski definition) is 7. The van der Waals surface area contributed by atoms with Crippen LogP contribution in [0.2, 0.25) is 5.02 Å². The molecule has 1 saturated heterocycles. The standard InChI is InChI=1S/C26H27ClFN5O3/c1-4-24(34)30-18-6-7-20(28)22(14-18)36-25-19(27)15-29-26(32-25)31-21-8-5-17(13-23(21)35-3)16-9-11-33(2)12-10-16/h4-8,13-16H,1,9-12H2,2-3H3,(H,30,34)(H,29,31,32). The number of hydrogen-bond donors (Lipinski definition) is 2. The van der Waals surface area contributed by atoms with E-state index in [9.17, 15) is 9.18 Å². The highest BCUT2D eigenvalue weighted by Crippen LogP contribution is 2.36. The number of ether oxygens (including phenoxy) is 2. The van der Waals surface area contributed by atoms with Crippen LogP contribution in [-0.4, -0.2) is 48.0 Å². The summed E-state index contributed by atoms with van der Waals surface area (Å²) in [4.78, 5) is 22.4. The number of carbonyl (C=O) groups excluding carboxylic acids is 1. The molecule has 0 radical (unpaired) electrons. The molecule has 10 heteroatoms. The summed E-state index contributed by atoms with van der Waals surface area (Å²) in [6, 6.07) is 9.93. The summed E-state index contributed by atoms with van der Waals surface area (Å²) in [5, 5.41) is 5.75. The van der Waals surface area contributed by atoms with Crippen molar-refractivity contribution in [1.29, 1.82) is 0 Å². The molecule has 188 valence electrons. The molecule has 0 spiro atoms. The molecule has 3 aromatic rings. The van der Waals surface area contributed by atoms with Crippen LogP contribution >= 0.6 is 11.6 Å². The summed E-state index contributed by atoms with van der Waals surface area (Å²) < 4.78 is 25.6. The Kier molecular flexibility index (Phi) is 8.02. The van der Waals surface area contributed by atoms with Crippen molar-refractivity contribution < 1.29 is 18.7 Å². The van der Waals surface area contributed by atoms with Crippen molar-refractivity contribution in [2.75, 3.05) is 37.9 Å². The Balaban J connectivity index is 1.53. The molecule has 8 nitrogen and oxygen atoms in total. The molecule has 0 aliphatic carbocycles. The molecule has 4 rings (SSSR count). The lowest BCUT2D eigenvalue weighted by molar-refractivity contribution is -0.111. The van der Waals surface area contributed by atoms with Crippen LogP contribution in [0.1, 0.15) is 24.3 Å². The first-order valence-electron chi connectivity index (χ1n) is 11.4. The highest BCUT2D eigenvalue weighted by molar-refractivity contribution is 6.31. The number of anilines is 3. The second-order valence-corrected chi connectivity index (χ2v) is 8.86. The van der Waals surface area contributed by atoms with Gasteiger partial charge in [0.2, 0.25) is 17.7 Å². The zero-order chi connectivity index (χ0) is 25.7. The van der Waals surface area contributed by atoms with Gasteiger partial charge in [0.1, 0.15) is 10.8 Å². The average molecular weight is 512 g/mol. The molecule has 2 aromatic carbocycles. The molecule has 1 aromatic heterocycles. The number of rotatable bonds is 8. The van der Waals surface area contributed by atoms with Crippen LogP contribution in [0.15, 0.2) is 55.3 Å². The summed E-state index contributed by atoms with van der Waals surface area (Å²) >= 11 is 6.21. The number of nitrogens with zero attached hydrogens (tertiary/aromatic N) is 3. The predicted octanol–water partition coefficient (Wildman–Crippen LogP) is 5.75. The summed E-state index contributed by atoms with van der Waals surface area (Å²) in [6.07, 6.45) is 4.66. The van der Waals surface area contributed by atoms with Crippen LogP contribution in [0.25, 0.3) is 0 Å². The SMILES string of the molecule is C=CC(=O)Nc1ccc(F)c(Oc2nc(Nc3ccc(C4CCN(C)CC4)cc3OC)ncc2Cl)c1. The van der Waals surface area contributed by atoms with Crippen molar-refractivity contribution in [3.63, 3.8) is 0 Å². The zero-order valence-electron chi connectivity index (χ0n) is 20.1. The number of nitrogens with one attached hydrogen (secondary N) is 2. The maximum Gasteiger partial charge on any atom is 0.247 e. The van der Waals surface area contributed by atoms with Crippen LogP contribution in [-0.2, 0) is 4.79 Å². The van der Waals surface area contributed by atoms with Crippen molar-refractivity contribution in [1.82, 2.24) is 14.9 Å². The lowest BCUT2D eigenvalue weighted by Crippen LogP contribution is -2.29. The van der Waals surface area contributed by atoms with Gasteiger partial charge in [-0.25, -0.2) is 9.37 Å². The molecule has 0 saturated carbocycles. The van der Waals surface area contributed by atoms with Gasteiger partial charge in [0.25, 0.3) is 0 Å². The predicted molar refractivity (Wildman–Crippen MR) is 138 cm³/mol. The molecule has 0 bridgehead atoms. The molecular formula is C26H27ClFN5O3. The number of aromatic nitrogens is 2. The van der Waals surface area contributed by atoms with Crippen molar-refractivity contribution >= 4 is 34.8 Å². The van der Waals surface area contributed by atoms with E-state index in [2.05, 4.69) is 45.2 Å². The average Bonchev–Trinajstić information content (AvgIpc) is 2.88.